The van der Waals surface area contributed by atoms with Gasteiger partial charge in [-0.1, -0.05) is 18.2 Å². The van der Waals surface area contributed by atoms with Crippen molar-refractivity contribution in [1.82, 2.24) is 9.78 Å². The van der Waals surface area contributed by atoms with E-state index in [1.54, 1.807) is 18.3 Å². The van der Waals surface area contributed by atoms with Crippen molar-refractivity contribution in [2.75, 3.05) is 4.72 Å². The van der Waals surface area contributed by atoms with Gasteiger partial charge in [0, 0.05) is 24.4 Å². The molecule has 0 aliphatic rings. The maximum absolute atomic E-state index is 12.9. The lowest BCUT2D eigenvalue weighted by Gasteiger charge is -2.05. The molecule has 0 saturated carbocycles. The Bertz CT molecular complexity index is 1050. The van der Waals surface area contributed by atoms with Gasteiger partial charge < -0.3 is 0 Å². The number of halogens is 1. The summed E-state index contributed by atoms with van der Waals surface area (Å²) in [5.74, 6) is -0.279. The number of nitrogens with one attached hydrogen (secondary N) is 1. The van der Waals surface area contributed by atoms with Crippen LogP contribution in [0.4, 0.5) is 15.9 Å². The quantitative estimate of drug-likeness (QED) is 0.526. The number of hydrogen-bond acceptors (Lipinski definition) is 5. The van der Waals surface area contributed by atoms with Crippen LogP contribution in [0, 0.1) is 15.9 Å². The van der Waals surface area contributed by atoms with E-state index in [9.17, 15) is 22.9 Å². The SMILES string of the molecule is O=[N+]([O-])c1cccc(S(=O)(=O)Nc2ccn(Cc3ccc(F)cc3)n2)c1. The Hall–Kier alpha value is -3.27. The zero-order valence-corrected chi connectivity index (χ0v) is 14.1. The van der Waals surface area contributed by atoms with Crippen LogP contribution in [0.5, 0.6) is 0 Å². The predicted octanol–water partition coefficient (Wildman–Crippen LogP) is 2.78. The van der Waals surface area contributed by atoms with Crippen LogP contribution < -0.4 is 4.72 Å². The molecule has 134 valence electrons. The fourth-order valence-corrected chi connectivity index (χ4v) is 3.28. The van der Waals surface area contributed by atoms with Crippen LogP contribution in [-0.2, 0) is 16.6 Å². The molecule has 0 amide bonds. The summed E-state index contributed by atoms with van der Waals surface area (Å²) in [7, 11) is -4.01. The Morgan fingerprint density at radius 2 is 1.88 bits per heavy atom. The second kappa shape index (κ2) is 6.92. The van der Waals surface area contributed by atoms with Crippen molar-refractivity contribution in [3.63, 3.8) is 0 Å². The fourth-order valence-electron chi connectivity index (χ4n) is 2.24. The summed E-state index contributed by atoms with van der Waals surface area (Å²) < 4.78 is 41.4. The smallest absolute Gasteiger partial charge is 0.266 e. The number of nitro benzene ring substituents is 1. The highest BCUT2D eigenvalue weighted by atomic mass is 32.2. The summed E-state index contributed by atoms with van der Waals surface area (Å²) in [5, 5.41) is 14.9. The van der Waals surface area contributed by atoms with Crippen molar-refractivity contribution in [2.45, 2.75) is 11.4 Å². The van der Waals surface area contributed by atoms with Gasteiger partial charge in [0.1, 0.15) is 5.82 Å². The number of benzene rings is 2. The third-order valence-electron chi connectivity index (χ3n) is 3.48. The molecule has 0 fully saturated rings. The Kier molecular flexibility index (Phi) is 4.67. The molecule has 10 heteroatoms. The lowest BCUT2D eigenvalue weighted by atomic mass is 10.2. The number of nitrogens with zero attached hydrogens (tertiary/aromatic N) is 3. The Labute approximate surface area is 148 Å². The molecular formula is C16H13FN4O4S. The molecule has 1 aromatic heterocycles. The van der Waals surface area contributed by atoms with Gasteiger partial charge >= 0.3 is 0 Å². The van der Waals surface area contributed by atoms with Gasteiger partial charge in [0.15, 0.2) is 5.82 Å². The summed E-state index contributed by atoms with van der Waals surface area (Å²) in [6, 6.07) is 12.0. The van der Waals surface area contributed by atoms with Gasteiger partial charge in [-0.15, -0.1) is 0 Å². The Morgan fingerprint density at radius 3 is 2.58 bits per heavy atom. The van der Waals surface area contributed by atoms with Crippen LogP contribution in [0.1, 0.15) is 5.56 Å². The van der Waals surface area contributed by atoms with Gasteiger partial charge in [0.2, 0.25) is 0 Å². The topological polar surface area (TPSA) is 107 Å². The van der Waals surface area contributed by atoms with E-state index in [0.29, 0.717) is 6.54 Å². The second-order valence-corrected chi connectivity index (χ2v) is 7.07. The van der Waals surface area contributed by atoms with E-state index in [2.05, 4.69) is 9.82 Å². The highest BCUT2D eigenvalue weighted by Gasteiger charge is 2.18. The van der Waals surface area contributed by atoms with Crippen LogP contribution >= 0.6 is 0 Å². The minimum absolute atomic E-state index is 0.0682. The first-order valence-electron chi connectivity index (χ1n) is 7.39. The van der Waals surface area contributed by atoms with Crippen LogP contribution in [-0.4, -0.2) is 23.1 Å². The van der Waals surface area contributed by atoms with Gasteiger partial charge in [-0.2, -0.15) is 5.10 Å². The second-order valence-electron chi connectivity index (χ2n) is 5.38. The molecule has 1 N–H and O–H groups in total. The number of hydrogen-bond donors (Lipinski definition) is 1. The van der Waals surface area contributed by atoms with E-state index in [1.165, 1.54) is 41.1 Å². The molecule has 0 aliphatic heterocycles. The first-order valence-corrected chi connectivity index (χ1v) is 8.87. The number of non-ortho nitro benzene ring substituents is 1. The van der Waals surface area contributed by atoms with E-state index in [0.717, 1.165) is 11.6 Å². The molecule has 3 rings (SSSR count). The Morgan fingerprint density at radius 1 is 1.15 bits per heavy atom. The van der Waals surface area contributed by atoms with Crippen molar-refractivity contribution in [1.29, 1.82) is 0 Å². The standard InChI is InChI=1S/C16H13FN4O4S/c17-13-6-4-12(5-7-13)11-20-9-8-16(18-20)19-26(24,25)15-3-1-2-14(10-15)21(22)23/h1-10H,11H2,(H,18,19). The molecule has 26 heavy (non-hydrogen) atoms. The monoisotopic (exact) mass is 376 g/mol. The molecule has 0 bridgehead atoms. The first-order chi connectivity index (χ1) is 12.3. The van der Waals surface area contributed by atoms with Crippen molar-refractivity contribution in [3.8, 4) is 0 Å². The number of nitro groups is 1. The number of anilines is 1. The van der Waals surface area contributed by atoms with Crippen LogP contribution in [0.15, 0.2) is 65.7 Å². The molecule has 2 aromatic carbocycles. The molecule has 8 nitrogen and oxygen atoms in total. The van der Waals surface area contributed by atoms with E-state index in [4.69, 9.17) is 0 Å². The zero-order valence-electron chi connectivity index (χ0n) is 13.2. The van der Waals surface area contributed by atoms with E-state index >= 15 is 0 Å². The maximum atomic E-state index is 12.9. The average Bonchev–Trinajstić information content (AvgIpc) is 3.03. The third-order valence-corrected chi connectivity index (χ3v) is 4.83. The van der Waals surface area contributed by atoms with E-state index in [1.807, 2.05) is 0 Å². The third kappa shape index (κ3) is 4.03. The van der Waals surface area contributed by atoms with Crippen LogP contribution in [0.3, 0.4) is 0 Å². The summed E-state index contributed by atoms with van der Waals surface area (Å²) in [5.41, 5.74) is 0.470. The molecule has 0 spiro atoms. The summed E-state index contributed by atoms with van der Waals surface area (Å²) in [6.45, 7) is 0.332. The van der Waals surface area contributed by atoms with Crippen molar-refractivity contribution >= 4 is 21.5 Å². The number of aromatic nitrogens is 2. The van der Waals surface area contributed by atoms with Gasteiger partial charge in [-0.05, 0) is 23.8 Å². The lowest BCUT2D eigenvalue weighted by Crippen LogP contribution is -2.14. The maximum Gasteiger partial charge on any atom is 0.270 e. The minimum atomic E-state index is -4.01. The largest absolute Gasteiger partial charge is 0.270 e. The van der Waals surface area contributed by atoms with E-state index < -0.39 is 14.9 Å². The summed E-state index contributed by atoms with van der Waals surface area (Å²) in [6.07, 6.45) is 1.56. The zero-order chi connectivity index (χ0) is 18.7. The molecule has 3 aromatic rings. The van der Waals surface area contributed by atoms with Crippen molar-refractivity contribution in [3.05, 3.63) is 82.3 Å². The van der Waals surface area contributed by atoms with E-state index in [-0.39, 0.29) is 22.2 Å². The highest BCUT2D eigenvalue weighted by Crippen LogP contribution is 2.19. The van der Waals surface area contributed by atoms with Crippen LogP contribution in [0.25, 0.3) is 0 Å². The minimum Gasteiger partial charge on any atom is -0.266 e. The Balaban J connectivity index is 1.76. The molecule has 0 unspecified atom stereocenters. The fraction of sp³-hybridized carbons (Fsp3) is 0.0625. The van der Waals surface area contributed by atoms with Gasteiger partial charge in [0.05, 0.1) is 16.4 Å². The van der Waals surface area contributed by atoms with Crippen molar-refractivity contribution < 1.29 is 17.7 Å². The number of sulfonamides is 1. The molecule has 1 heterocycles. The first kappa shape index (κ1) is 17.5. The molecule has 0 radical (unpaired) electrons. The van der Waals surface area contributed by atoms with Gasteiger partial charge in [-0.25, -0.2) is 12.8 Å². The molecule has 0 aliphatic carbocycles. The highest BCUT2D eigenvalue weighted by molar-refractivity contribution is 7.92. The molecule has 0 atom stereocenters. The normalized spacial score (nSPS) is 11.3. The molecule has 0 saturated heterocycles. The van der Waals surface area contributed by atoms with Gasteiger partial charge in [0.25, 0.3) is 15.7 Å². The summed E-state index contributed by atoms with van der Waals surface area (Å²) >= 11 is 0. The average molecular weight is 376 g/mol. The van der Waals surface area contributed by atoms with Crippen LogP contribution in [0.2, 0.25) is 0 Å². The van der Waals surface area contributed by atoms with Crippen molar-refractivity contribution in [2.24, 2.45) is 0 Å². The lowest BCUT2D eigenvalue weighted by molar-refractivity contribution is -0.385. The number of rotatable bonds is 6. The summed E-state index contributed by atoms with van der Waals surface area (Å²) in [4.78, 5) is 9.88. The predicted molar refractivity (Wildman–Crippen MR) is 91.6 cm³/mol. The van der Waals surface area contributed by atoms with Gasteiger partial charge in [-0.3, -0.25) is 19.5 Å². The molecular weight excluding hydrogens is 363 g/mol.